The van der Waals surface area contributed by atoms with E-state index in [2.05, 4.69) is 10.0 Å². The number of hydrogen-bond donors (Lipinski definition) is 2. The van der Waals surface area contributed by atoms with E-state index in [0.717, 1.165) is 4.88 Å². The molecule has 0 fully saturated rings. The standard InChI is InChI=1S/C19H17ClN2O4S2/c1-26-17-9-8-15(21-19(23)12-16-3-2-10-27-16)11-18(17)28(24,25)22-14-6-4-13(20)5-7-14/h2-11,22H,12H2,1H3,(H,21,23). The lowest BCUT2D eigenvalue weighted by molar-refractivity contribution is -0.115. The van der Waals surface area contributed by atoms with Gasteiger partial charge in [-0.25, -0.2) is 8.42 Å². The first-order chi connectivity index (χ1) is 13.4. The van der Waals surface area contributed by atoms with Crippen molar-refractivity contribution in [1.82, 2.24) is 0 Å². The fraction of sp³-hybridized carbons (Fsp3) is 0.105. The smallest absolute Gasteiger partial charge is 0.265 e. The molecule has 0 radical (unpaired) electrons. The quantitative estimate of drug-likeness (QED) is 0.575. The first kappa shape index (κ1) is 20.2. The Balaban J connectivity index is 1.83. The molecule has 2 N–H and O–H groups in total. The summed E-state index contributed by atoms with van der Waals surface area (Å²) in [5.41, 5.74) is 0.720. The van der Waals surface area contributed by atoms with E-state index in [9.17, 15) is 13.2 Å². The van der Waals surface area contributed by atoms with Crippen molar-refractivity contribution in [3.8, 4) is 5.75 Å². The first-order valence-corrected chi connectivity index (χ1v) is 10.9. The molecular formula is C19H17ClN2O4S2. The molecule has 0 aliphatic rings. The molecule has 0 atom stereocenters. The molecule has 146 valence electrons. The Morgan fingerprint density at radius 3 is 2.46 bits per heavy atom. The Kier molecular flexibility index (Phi) is 6.23. The summed E-state index contributed by atoms with van der Waals surface area (Å²) in [6.45, 7) is 0. The first-order valence-electron chi connectivity index (χ1n) is 8.16. The van der Waals surface area contributed by atoms with Crippen LogP contribution in [0.5, 0.6) is 5.75 Å². The molecule has 3 aromatic rings. The van der Waals surface area contributed by atoms with Crippen LogP contribution >= 0.6 is 22.9 Å². The molecule has 0 unspecified atom stereocenters. The van der Waals surface area contributed by atoms with Gasteiger partial charge in [0.25, 0.3) is 10.0 Å². The molecule has 9 heteroatoms. The molecule has 0 aliphatic heterocycles. The van der Waals surface area contributed by atoms with Gasteiger partial charge < -0.3 is 10.1 Å². The van der Waals surface area contributed by atoms with Crippen LogP contribution in [0.25, 0.3) is 0 Å². The lowest BCUT2D eigenvalue weighted by atomic mass is 10.2. The highest BCUT2D eigenvalue weighted by Crippen LogP contribution is 2.29. The van der Waals surface area contributed by atoms with E-state index in [0.29, 0.717) is 16.4 Å². The predicted octanol–water partition coefficient (Wildman–Crippen LogP) is 4.39. The average Bonchev–Trinajstić information content (AvgIpc) is 3.16. The van der Waals surface area contributed by atoms with Crippen molar-refractivity contribution in [2.75, 3.05) is 17.1 Å². The minimum Gasteiger partial charge on any atom is -0.495 e. The summed E-state index contributed by atoms with van der Waals surface area (Å²) < 4.78 is 33.3. The molecule has 0 saturated heterocycles. The molecule has 0 saturated carbocycles. The van der Waals surface area contributed by atoms with Crippen molar-refractivity contribution in [1.29, 1.82) is 0 Å². The fourth-order valence-corrected chi connectivity index (χ4v) is 4.55. The maximum absolute atomic E-state index is 12.8. The number of ether oxygens (including phenoxy) is 1. The second-order valence-electron chi connectivity index (χ2n) is 5.78. The van der Waals surface area contributed by atoms with Crippen molar-refractivity contribution in [3.63, 3.8) is 0 Å². The maximum atomic E-state index is 12.8. The Morgan fingerprint density at radius 2 is 1.82 bits per heavy atom. The third-order valence-corrected chi connectivity index (χ3v) is 6.28. The minimum atomic E-state index is -3.94. The van der Waals surface area contributed by atoms with Crippen molar-refractivity contribution in [3.05, 3.63) is 69.9 Å². The Labute approximate surface area is 172 Å². The lowest BCUT2D eigenvalue weighted by Crippen LogP contribution is -2.16. The normalized spacial score (nSPS) is 11.1. The summed E-state index contributed by atoms with van der Waals surface area (Å²) in [6, 6.07) is 14.5. The number of amides is 1. The van der Waals surface area contributed by atoms with Gasteiger partial charge in [-0.3, -0.25) is 9.52 Å². The van der Waals surface area contributed by atoms with E-state index < -0.39 is 10.0 Å². The summed E-state index contributed by atoms with van der Waals surface area (Å²) in [6.07, 6.45) is 0.217. The number of sulfonamides is 1. The molecule has 2 aromatic carbocycles. The van der Waals surface area contributed by atoms with Crippen molar-refractivity contribution in [2.24, 2.45) is 0 Å². The Morgan fingerprint density at radius 1 is 1.11 bits per heavy atom. The van der Waals surface area contributed by atoms with Gasteiger partial charge >= 0.3 is 0 Å². The molecule has 0 aliphatic carbocycles. The second kappa shape index (κ2) is 8.64. The van der Waals surface area contributed by atoms with Gasteiger partial charge in [0.05, 0.1) is 13.5 Å². The number of carbonyl (C=O) groups is 1. The van der Waals surface area contributed by atoms with E-state index in [1.165, 1.54) is 30.6 Å². The Hall–Kier alpha value is -2.55. The molecule has 0 bridgehead atoms. The van der Waals surface area contributed by atoms with E-state index in [1.807, 2.05) is 17.5 Å². The Bertz CT molecular complexity index is 1070. The zero-order valence-electron chi connectivity index (χ0n) is 14.8. The molecule has 1 heterocycles. The third-order valence-electron chi connectivity index (χ3n) is 3.75. The molecule has 6 nitrogen and oxygen atoms in total. The molecule has 28 heavy (non-hydrogen) atoms. The van der Waals surface area contributed by atoms with Gasteiger partial charge in [0.15, 0.2) is 0 Å². The topological polar surface area (TPSA) is 84.5 Å². The fourth-order valence-electron chi connectivity index (χ4n) is 2.47. The highest BCUT2D eigenvalue weighted by molar-refractivity contribution is 7.92. The molecular weight excluding hydrogens is 420 g/mol. The summed E-state index contributed by atoms with van der Waals surface area (Å²) in [5, 5.41) is 5.11. The third kappa shape index (κ3) is 5.03. The number of halogens is 1. The van der Waals surface area contributed by atoms with Crippen LogP contribution in [0.4, 0.5) is 11.4 Å². The molecule has 3 rings (SSSR count). The van der Waals surface area contributed by atoms with Crippen LogP contribution in [0.15, 0.2) is 64.9 Å². The van der Waals surface area contributed by atoms with Crippen LogP contribution in [-0.4, -0.2) is 21.4 Å². The largest absolute Gasteiger partial charge is 0.495 e. The molecule has 1 aromatic heterocycles. The van der Waals surface area contributed by atoms with Crippen LogP contribution in [0.1, 0.15) is 4.88 Å². The van der Waals surface area contributed by atoms with Gasteiger partial charge in [0, 0.05) is 21.3 Å². The van der Waals surface area contributed by atoms with Crippen LogP contribution in [0.3, 0.4) is 0 Å². The van der Waals surface area contributed by atoms with Gasteiger partial charge in [-0.15, -0.1) is 11.3 Å². The number of carbonyl (C=O) groups excluding carboxylic acids is 1. The zero-order valence-corrected chi connectivity index (χ0v) is 17.2. The van der Waals surface area contributed by atoms with E-state index >= 15 is 0 Å². The summed E-state index contributed by atoms with van der Waals surface area (Å²) in [4.78, 5) is 13.0. The van der Waals surface area contributed by atoms with E-state index in [-0.39, 0.29) is 23.0 Å². The summed E-state index contributed by atoms with van der Waals surface area (Å²) in [7, 11) is -2.56. The maximum Gasteiger partial charge on any atom is 0.265 e. The number of hydrogen-bond acceptors (Lipinski definition) is 5. The summed E-state index contributed by atoms with van der Waals surface area (Å²) in [5.74, 6) is -0.0701. The lowest BCUT2D eigenvalue weighted by Gasteiger charge is -2.14. The highest BCUT2D eigenvalue weighted by Gasteiger charge is 2.21. The second-order valence-corrected chi connectivity index (χ2v) is 8.90. The van der Waals surface area contributed by atoms with Gasteiger partial charge in [-0.1, -0.05) is 17.7 Å². The van der Waals surface area contributed by atoms with Crippen LogP contribution in [0.2, 0.25) is 5.02 Å². The predicted molar refractivity (Wildman–Crippen MR) is 112 cm³/mol. The average molecular weight is 437 g/mol. The van der Waals surface area contributed by atoms with Gasteiger partial charge in [-0.2, -0.15) is 0 Å². The number of thiophene rings is 1. The van der Waals surface area contributed by atoms with E-state index in [1.54, 1.807) is 30.3 Å². The van der Waals surface area contributed by atoms with Crippen LogP contribution in [-0.2, 0) is 21.2 Å². The monoisotopic (exact) mass is 436 g/mol. The molecule has 0 spiro atoms. The van der Waals surface area contributed by atoms with Crippen molar-refractivity contribution < 1.29 is 17.9 Å². The van der Waals surface area contributed by atoms with Crippen molar-refractivity contribution in [2.45, 2.75) is 11.3 Å². The summed E-state index contributed by atoms with van der Waals surface area (Å²) >= 11 is 7.31. The van der Waals surface area contributed by atoms with Gasteiger partial charge in [0.1, 0.15) is 10.6 Å². The zero-order chi connectivity index (χ0) is 20.1. The van der Waals surface area contributed by atoms with E-state index in [4.69, 9.17) is 16.3 Å². The number of rotatable bonds is 7. The van der Waals surface area contributed by atoms with Crippen LogP contribution in [0, 0.1) is 0 Å². The minimum absolute atomic E-state index is 0.0844. The van der Waals surface area contributed by atoms with Gasteiger partial charge in [-0.05, 0) is 53.9 Å². The SMILES string of the molecule is COc1ccc(NC(=O)Cc2cccs2)cc1S(=O)(=O)Nc1ccc(Cl)cc1. The number of methoxy groups -OCH3 is 1. The van der Waals surface area contributed by atoms with Gasteiger partial charge in [0.2, 0.25) is 5.91 Å². The molecule has 1 amide bonds. The number of benzene rings is 2. The number of anilines is 2. The number of nitrogens with one attached hydrogen (secondary N) is 2. The van der Waals surface area contributed by atoms with Crippen molar-refractivity contribution >= 4 is 50.2 Å². The highest BCUT2D eigenvalue weighted by atomic mass is 35.5. The van der Waals surface area contributed by atoms with Crippen LogP contribution < -0.4 is 14.8 Å².